The number of anilines is 1. The Kier molecular flexibility index (Phi) is 4.73. The maximum absolute atomic E-state index is 12.6. The Bertz CT molecular complexity index is 1110. The first-order valence-electron chi connectivity index (χ1n) is 9.63. The van der Waals surface area contributed by atoms with Crippen LogP contribution in [0.25, 0.3) is 5.95 Å². The number of carbonyl (C=O) groups excluding carboxylic acids is 1. The van der Waals surface area contributed by atoms with Crippen LogP contribution in [0.5, 0.6) is 0 Å². The number of aromatic nitrogens is 6. The third-order valence-corrected chi connectivity index (χ3v) is 4.89. The van der Waals surface area contributed by atoms with E-state index in [-0.39, 0.29) is 16.7 Å². The van der Waals surface area contributed by atoms with Gasteiger partial charge in [-0.25, -0.2) is 9.97 Å². The van der Waals surface area contributed by atoms with Gasteiger partial charge in [-0.2, -0.15) is 9.78 Å². The lowest BCUT2D eigenvalue weighted by molar-refractivity contribution is 0.102. The number of hydrogen-bond acceptors (Lipinski definition) is 6. The fraction of sp³-hybridized carbons (Fsp3) is 0.400. The number of hydrogen-bond donors (Lipinski definition) is 2. The van der Waals surface area contributed by atoms with Gasteiger partial charge in [0.05, 0.1) is 17.6 Å². The lowest BCUT2D eigenvalue weighted by atomic mass is 9.92. The molecule has 0 aromatic carbocycles. The smallest absolute Gasteiger partial charge is 0.277 e. The van der Waals surface area contributed by atoms with Gasteiger partial charge in [-0.15, -0.1) is 0 Å². The SMILES string of the molecule is CC(C)(C)c1cc(NC(=O)c2cnccn2)n(-c2nc3c(c(=O)[nH]2)CCCC3)n1. The van der Waals surface area contributed by atoms with Crippen molar-refractivity contribution in [3.8, 4) is 5.95 Å². The number of carbonyl (C=O) groups is 1. The van der Waals surface area contributed by atoms with E-state index in [1.807, 2.05) is 20.8 Å². The number of fused-ring (bicyclic) bond motifs is 1. The molecule has 0 bridgehead atoms. The number of amides is 1. The van der Waals surface area contributed by atoms with Gasteiger partial charge in [-0.3, -0.25) is 19.6 Å². The molecule has 0 saturated carbocycles. The third kappa shape index (κ3) is 3.80. The Hall–Kier alpha value is -3.36. The number of nitrogens with zero attached hydrogens (tertiary/aromatic N) is 5. The topological polar surface area (TPSA) is 118 Å². The first-order valence-corrected chi connectivity index (χ1v) is 9.63. The molecule has 150 valence electrons. The van der Waals surface area contributed by atoms with Gasteiger partial charge in [-0.1, -0.05) is 20.8 Å². The quantitative estimate of drug-likeness (QED) is 0.704. The summed E-state index contributed by atoms with van der Waals surface area (Å²) in [7, 11) is 0. The highest BCUT2D eigenvalue weighted by Crippen LogP contribution is 2.26. The van der Waals surface area contributed by atoms with Crippen molar-refractivity contribution in [3.05, 3.63) is 57.7 Å². The molecule has 0 aliphatic heterocycles. The number of nitrogens with one attached hydrogen (secondary N) is 2. The van der Waals surface area contributed by atoms with E-state index < -0.39 is 5.91 Å². The summed E-state index contributed by atoms with van der Waals surface area (Å²) in [6, 6.07) is 1.79. The van der Waals surface area contributed by atoms with Gasteiger partial charge in [-0.05, 0) is 25.7 Å². The van der Waals surface area contributed by atoms with Crippen LogP contribution >= 0.6 is 0 Å². The van der Waals surface area contributed by atoms with Gasteiger partial charge in [0.1, 0.15) is 11.5 Å². The molecule has 3 aromatic heterocycles. The molecule has 9 heteroatoms. The lowest BCUT2D eigenvalue weighted by Crippen LogP contribution is -2.25. The van der Waals surface area contributed by atoms with Gasteiger partial charge in [0.25, 0.3) is 11.5 Å². The summed E-state index contributed by atoms with van der Waals surface area (Å²) < 4.78 is 1.48. The Morgan fingerprint density at radius 2 is 2.00 bits per heavy atom. The van der Waals surface area contributed by atoms with Crippen LogP contribution in [0, 0.1) is 0 Å². The molecule has 0 atom stereocenters. The second-order valence-corrected chi connectivity index (χ2v) is 8.14. The molecule has 1 aliphatic rings. The normalized spacial score (nSPS) is 13.8. The molecule has 9 nitrogen and oxygen atoms in total. The maximum atomic E-state index is 12.6. The van der Waals surface area contributed by atoms with Crippen LogP contribution in [0.3, 0.4) is 0 Å². The van der Waals surface area contributed by atoms with Crippen LogP contribution in [0.4, 0.5) is 5.82 Å². The molecule has 1 aliphatic carbocycles. The van der Waals surface area contributed by atoms with Crippen molar-refractivity contribution < 1.29 is 4.79 Å². The standard InChI is InChI=1S/C20H23N7O2/c1-20(2,3)15-10-16(24-18(29)14-11-21-8-9-22-14)27(26-15)19-23-13-7-5-4-6-12(13)17(28)25-19/h8-11H,4-7H2,1-3H3,(H,24,29)(H,23,25,28). The highest BCUT2D eigenvalue weighted by Gasteiger charge is 2.24. The fourth-order valence-corrected chi connectivity index (χ4v) is 3.29. The van der Waals surface area contributed by atoms with E-state index >= 15 is 0 Å². The summed E-state index contributed by atoms with van der Waals surface area (Å²) in [5.74, 6) is 0.282. The minimum atomic E-state index is -0.417. The van der Waals surface area contributed by atoms with E-state index in [9.17, 15) is 9.59 Å². The van der Waals surface area contributed by atoms with E-state index in [0.717, 1.165) is 42.6 Å². The first kappa shape index (κ1) is 19.0. The molecule has 3 heterocycles. The molecular weight excluding hydrogens is 370 g/mol. The molecule has 4 rings (SSSR count). The van der Waals surface area contributed by atoms with Crippen LogP contribution in [0.15, 0.2) is 29.5 Å². The lowest BCUT2D eigenvalue weighted by Gasteiger charge is -2.16. The van der Waals surface area contributed by atoms with Crippen molar-refractivity contribution in [2.75, 3.05) is 5.32 Å². The van der Waals surface area contributed by atoms with Gasteiger partial charge < -0.3 is 5.32 Å². The summed E-state index contributed by atoms with van der Waals surface area (Å²) in [5.41, 5.74) is 2.08. The second kappa shape index (κ2) is 7.23. The molecule has 1 amide bonds. The van der Waals surface area contributed by atoms with Crippen LogP contribution < -0.4 is 10.9 Å². The van der Waals surface area contributed by atoms with Crippen LogP contribution in [0.1, 0.15) is 61.1 Å². The highest BCUT2D eigenvalue weighted by atomic mass is 16.2. The summed E-state index contributed by atoms with van der Waals surface area (Å²) in [6.45, 7) is 6.07. The molecule has 0 fully saturated rings. The van der Waals surface area contributed by atoms with E-state index in [0.29, 0.717) is 11.8 Å². The first-order chi connectivity index (χ1) is 13.8. The largest absolute Gasteiger partial charge is 0.305 e. The van der Waals surface area contributed by atoms with Crippen molar-refractivity contribution in [1.82, 2.24) is 29.7 Å². The molecule has 2 N–H and O–H groups in total. The van der Waals surface area contributed by atoms with Crippen molar-refractivity contribution in [1.29, 1.82) is 0 Å². The monoisotopic (exact) mass is 393 g/mol. The van der Waals surface area contributed by atoms with Crippen LogP contribution in [-0.2, 0) is 18.3 Å². The van der Waals surface area contributed by atoms with Crippen molar-refractivity contribution in [3.63, 3.8) is 0 Å². The fourth-order valence-electron chi connectivity index (χ4n) is 3.29. The van der Waals surface area contributed by atoms with Crippen LogP contribution in [-0.4, -0.2) is 35.6 Å². The zero-order valence-electron chi connectivity index (χ0n) is 16.7. The summed E-state index contributed by atoms with van der Waals surface area (Å²) in [5, 5.41) is 7.44. The van der Waals surface area contributed by atoms with Crippen molar-refractivity contribution >= 4 is 11.7 Å². The van der Waals surface area contributed by atoms with Gasteiger partial charge in [0, 0.05) is 29.4 Å². The molecule has 3 aromatic rings. The molecule has 29 heavy (non-hydrogen) atoms. The molecule has 0 radical (unpaired) electrons. The van der Waals surface area contributed by atoms with Crippen LogP contribution in [0.2, 0.25) is 0 Å². The summed E-state index contributed by atoms with van der Waals surface area (Å²) in [6.07, 6.45) is 7.84. The third-order valence-electron chi connectivity index (χ3n) is 4.89. The molecule has 0 unspecified atom stereocenters. The average Bonchev–Trinajstić information content (AvgIpc) is 3.13. The van der Waals surface area contributed by atoms with E-state index in [2.05, 4.69) is 30.4 Å². The highest BCUT2D eigenvalue weighted by molar-refractivity contribution is 6.02. The zero-order chi connectivity index (χ0) is 20.6. The molecule has 0 saturated heterocycles. The predicted molar refractivity (Wildman–Crippen MR) is 107 cm³/mol. The number of rotatable bonds is 3. The Balaban J connectivity index is 1.78. The van der Waals surface area contributed by atoms with E-state index in [4.69, 9.17) is 0 Å². The van der Waals surface area contributed by atoms with Gasteiger partial charge >= 0.3 is 0 Å². The minimum absolute atomic E-state index is 0.149. The van der Waals surface area contributed by atoms with Gasteiger partial charge in [0.15, 0.2) is 0 Å². The number of H-pyrrole nitrogens is 1. The molecule has 0 spiro atoms. The average molecular weight is 393 g/mol. The predicted octanol–water partition coefficient (Wildman–Crippen LogP) is 2.17. The number of aromatic amines is 1. The Morgan fingerprint density at radius 1 is 1.21 bits per heavy atom. The maximum Gasteiger partial charge on any atom is 0.277 e. The van der Waals surface area contributed by atoms with Crippen molar-refractivity contribution in [2.24, 2.45) is 0 Å². The summed E-state index contributed by atoms with van der Waals surface area (Å²) >= 11 is 0. The number of aryl methyl sites for hydroxylation is 1. The Morgan fingerprint density at radius 3 is 2.72 bits per heavy atom. The van der Waals surface area contributed by atoms with Crippen molar-refractivity contribution in [2.45, 2.75) is 51.9 Å². The zero-order valence-corrected chi connectivity index (χ0v) is 16.7. The van der Waals surface area contributed by atoms with E-state index in [1.54, 1.807) is 6.07 Å². The Labute approximate surface area is 167 Å². The summed E-state index contributed by atoms with van der Waals surface area (Å²) in [4.78, 5) is 40.6. The second-order valence-electron chi connectivity index (χ2n) is 8.14. The minimum Gasteiger partial charge on any atom is -0.305 e. The molecular formula is C20H23N7O2. The van der Waals surface area contributed by atoms with E-state index in [1.165, 1.54) is 23.3 Å². The van der Waals surface area contributed by atoms with Gasteiger partial charge in [0.2, 0.25) is 5.95 Å².